The van der Waals surface area contributed by atoms with Gasteiger partial charge in [-0.1, -0.05) is 35.9 Å². The number of fused-ring (bicyclic) bond motifs is 1. The highest BCUT2D eigenvalue weighted by molar-refractivity contribution is 6.34. The van der Waals surface area contributed by atoms with Crippen LogP contribution in [0.1, 0.15) is 40.9 Å². The smallest absolute Gasteiger partial charge is 0.306 e. The first-order chi connectivity index (χ1) is 13.9. The molecule has 1 heterocycles. The summed E-state index contributed by atoms with van der Waals surface area (Å²) in [5.74, 6) is -2.21. The van der Waals surface area contributed by atoms with Crippen LogP contribution >= 0.6 is 11.6 Å². The van der Waals surface area contributed by atoms with E-state index in [0.717, 1.165) is 5.57 Å². The molecule has 0 aliphatic heterocycles. The van der Waals surface area contributed by atoms with Gasteiger partial charge in [0.15, 0.2) is 0 Å². The molecule has 1 aromatic heterocycles. The summed E-state index contributed by atoms with van der Waals surface area (Å²) in [5.41, 5.74) is 2.49. The van der Waals surface area contributed by atoms with Crippen molar-refractivity contribution in [2.24, 2.45) is 5.92 Å². The summed E-state index contributed by atoms with van der Waals surface area (Å²) in [6.07, 6.45) is 3.04. The largest absolute Gasteiger partial charge is 0.481 e. The molecule has 1 aliphatic rings. The van der Waals surface area contributed by atoms with E-state index >= 15 is 0 Å². The summed E-state index contributed by atoms with van der Waals surface area (Å²) in [4.78, 5) is 24.5. The number of carbonyl (C=O) groups is 2. The van der Waals surface area contributed by atoms with Gasteiger partial charge in [0.05, 0.1) is 33.1 Å². The van der Waals surface area contributed by atoms with E-state index in [1.807, 2.05) is 0 Å². The average molecular weight is 413 g/mol. The predicted molar refractivity (Wildman–Crippen MR) is 109 cm³/mol. The zero-order chi connectivity index (χ0) is 20.7. The molecule has 1 aliphatic carbocycles. The van der Waals surface area contributed by atoms with Gasteiger partial charge in [-0.2, -0.15) is 9.78 Å². The van der Waals surface area contributed by atoms with Gasteiger partial charge in [-0.25, -0.2) is 4.39 Å². The third-order valence-corrected chi connectivity index (χ3v) is 5.66. The number of aryl methyl sites for hydroxylation is 1. The maximum atomic E-state index is 14.7. The highest BCUT2D eigenvalue weighted by atomic mass is 35.5. The normalized spacial score (nSPS) is 16.7. The Morgan fingerprint density at radius 2 is 2.00 bits per heavy atom. The van der Waals surface area contributed by atoms with Crippen molar-refractivity contribution in [3.8, 4) is 0 Å². The van der Waals surface area contributed by atoms with Crippen molar-refractivity contribution < 1.29 is 19.1 Å². The Hall–Kier alpha value is -2.99. The van der Waals surface area contributed by atoms with Gasteiger partial charge < -0.3 is 5.11 Å². The Bertz CT molecular complexity index is 1160. The van der Waals surface area contributed by atoms with E-state index in [-0.39, 0.29) is 5.39 Å². The number of allylic oxidation sites excluding steroid dienone is 2. The van der Waals surface area contributed by atoms with E-state index in [1.54, 1.807) is 37.3 Å². The number of halogens is 2. The Kier molecular flexibility index (Phi) is 4.96. The summed E-state index contributed by atoms with van der Waals surface area (Å²) >= 11 is 6.25. The highest BCUT2D eigenvalue weighted by Crippen LogP contribution is 2.35. The number of hydrogen-bond acceptors (Lipinski definition) is 3. The topological polar surface area (TPSA) is 72.2 Å². The maximum Gasteiger partial charge on any atom is 0.306 e. The molecule has 0 saturated carbocycles. The van der Waals surface area contributed by atoms with Gasteiger partial charge >= 0.3 is 5.97 Å². The quantitative estimate of drug-likeness (QED) is 0.650. The van der Waals surface area contributed by atoms with Crippen LogP contribution < -0.4 is 0 Å². The second-order valence-corrected chi connectivity index (χ2v) is 7.58. The molecular formula is C22H18ClFN2O3. The molecule has 1 N–H and O–H groups in total. The van der Waals surface area contributed by atoms with Gasteiger partial charge in [0, 0.05) is 0 Å². The van der Waals surface area contributed by atoms with Gasteiger partial charge in [0.2, 0.25) is 0 Å². The van der Waals surface area contributed by atoms with E-state index in [2.05, 4.69) is 5.10 Å². The third kappa shape index (κ3) is 3.34. The second kappa shape index (κ2) is 7.44. The van der Waals surface area contributed by atoms with Gasteiger partial charge in [-0.3, -0.25) is 9.59 Å². The van der Waals surface area contributed by atoms with Gasteiger partial charge in [0.25, 0.3) is 5.91 Å². The standard InChI is InChI=1S/C22H18ClFN2O3/c1-12-4-2-5-15(23)18(12)21(27)26-17-7-3-6-16(24)19(17)20(25-26)13-8-10-14(11-9-13)22(28)29/h2-8,14H,9-11H2,1H3,(H,28,29). The van der Waals surface area contributed by atoms with Crippen molar-refractivity contribution in [2.75, 3.05) is 0 Å². The zero-order valence-electron chi connectivity index (χ0n) is 15.7. The van der Waals surface area contributed by atoms with Crippen LogP contribution in [-0.4, -0.2) is 26.8 Å². The number of hydrogen-bond donors (Lipinski definition) is 1. The number of carboxylic acid groups (broad SMARTS) is 1. The lowest BCUT2D eigenvalue weighted by Gasteiger charge is -2.17. The zero-order valence-corrected chi connectivity index (χ0v) is 16.4. The number of nitrogens with zero attached hydrogens (tertiary/aromatic N) is 2. The van der Waals surface area contributed by atoms with Crippen LogP contribution in [0.25, 0.3) is 16.5 Å². The molecule has 148 valence electrons. The van der Waals surface area contributed by atoms with Crippen molar-refractivity contribution in [2.45, 2.75) is 26.2 Å². The van der Waals surface area contributed by atoms with Gasteiger partial charge in [-0.15, -0.1) is 0 Å². The predicted octanol–water partition coefficient (Wildman–Crippen LogP) is 5.09. The lowest BCUT2D eigenvalue weighted by Crippen LogP contribution is -2.17. The van der Waals surface area contributed by atoms with Crippen molar-refractivity contribution >= 4 is 40.0 Å². The molecule has 3 aromatic rings. The molecular weight excluding hydrogens is 395 g/mol. The Morgan fingerprint density at radius 3 is 2.66 bits per heavy atom. The number of carbonyl (C=O) groups excluding carboxylic acids is 1. The van der Waals surface area contributed by atoms with Crippen LogP contribution in [-0.2, 0) is 4.79 Å². The molecule has 0 spiro atoms. The molecule has 0 saturated heterocycles. The molecule has 0 bridgehead atoms. The minimum absolute atomic E-state index is 0.255. The minimum Gasteiger partial charge on any atom is -0.481 e. The Morgan fingerprint density at radius 1 is 1.24 bits per heavy atom. The highest BCUT2D eigenvalue weighted by Gasteiger charge is 2.27. The summed E-state index contributed by atoms with van der Waals surface area (Å²) in [7, 11) is 0. The molecule has 29 heavy (non-hydrogen) atoms. The number of benzene rings is 2. The fourth-order valence-electron chi connectivity index (χ4n) is 3.79. The maximum absolute atomic E-state index is 14.7. The summed E-state index contributed by atoms with van der Waals surface area (Å²) in [6.45, 7) is 1.78. The summed E-state index contributed by atoms with van der Waals surface area (Å²) in [5, 5.41) is 14.2. The monoisotopic (exact) mass is 412 g/mol. The van der Waals surface area contributed by atoms with Crippen molar-refractivity contribution in [1.29, 1.82) is 0 Å². The number of aromatic nitrogens is 2. The van der Waals surface area contributed by atoms with E-state index in [9.17, 15) is 19.1 Å². The van der Waals surface area contributed by atoms with Crippen LogP contribution in [0.5, 0.6) is 0 Å². The molecule has 0 radical (unpaired) electrons. The van der Waals surface area contributed by atoms with Crippen LogP contribution in [0.15, 0.2) is 42.5 Å². The average Bonchev–Trinajstić information content (AvgIpc) is 3.09. The minimum atomic E-state index is -0.841. The Balaban J connectivity index is 1.87. The van der Waals surface area contributed by atoms with E-state index in [4.69, 9.17) is 11.6 Å². The summed E-state index contributed by atoms with van der Waals surface area (Å²) in [6, 6.07) is 9.66. The van der Waals surface area contributed by atoms with Crippen molar-refractivity contribution in [3.05, 3.63) is 70.1 Å². The molecule has 4 rings (SSSR count). The fourth-order valence-corrected chi connectivity index (χ4v) is 4.09. The lowest BCUT2D eigenvalue weighted by molar-refractivity contribution is -0.141. The van der Waals surface area contributed by atoms with Gasteiger partial charge in [-0.05, 0) is 55.5 Å². The van der Waals surface area contributed by atoms with Crippen LogP contribution in [0.4, 0.5) is 4.39 Å². The molecule has 7 heteroatoms. The van der Waals surface area contributed by atoms with Crippen molar-refractivity contribution in [3.63, 3.8) is 0 Å². The number of aliphatic carboxylic acids is 1. The molecule has 0 fully saturated rings. The lowest BCUT2D eigenvalue weighted by atomic mass is 9.88. The third-order valence-electron chi connectivity index (χ3n) is 5.35. The molecule has 0 amide bonds. The molecule has 1 unspecified atom stereocenters. The number of rotatable bonds is 3. The second-order valence-electron chi connectivity index (χ2n) is 7.17. The van der Waals surface area contributed by atoms with Crippen LogP contribution in [0.2, 0.25) is 5.02 Å². The SMILES string of the molecule is Cc1cccc(Cl)c1C(=O)n1nc(C2=CCC(C(=O)O)CC2)c2c(F)cccc21. The first-order valence-electron chi connectivity index (χ1n) is 9.27. The molecule has 2 aromatic carbocycles. The van der Waals surface area contributed by atoms with Crippen LogP contribution in [0.3, 0.4) is 0 Å². The molecule has 1 atom stereocenters. The van der Waals surface area contributed by atoms with E-state index in [1.165, 1.54) is 16.8 Å². The Labute approximate surface area is 171 Å². The first kappa shape index (κ1) is 19.3. The van der Waals surface area contributed by atoms with E-state index < -0.39 is 23.6 Å². The molecule has 5 nitrogen and oxygen atoms in total. The van der Waals surface area contributed by atoms with Crippen LogP contribution in [0, 0.1) is 18.7 Å². The van der Waals surface area contributed by atoms with E-state index in [0.29, 0.717) is 46.6 Å². The first-order valence-corrected chi connectivity index (χ1v) is 9.65. The summed E-state index contributed by atoms with van der Waals surface area (Å²) < 4.78 is 15.9. The number of carboxylic acids is 1. The van der Waals surface area contributed by atoms with Crippen molar-refractivity contribution in [1.82, 2.24) is 9.78 Å². The van der Waals surface area contributed by atoms with Gasteiger partial charge in [0.1, 0.15) is 5.82 Å². The fraction of sp³-hybridized carbons (Fsp3) is 0.227.